The quantitative estimate of drug-likeness (QED) is 0.811. The van der Waals surface area contributed by atoms with E-state index in [0.29, 0.717) is 11.1 Å². The van der Waals surface area contributed by atoms with Crippen molar-refractivity contribution < 1.29 is 8.42 Å². The number of nitrogens with one attached hydrogen (secondary N) is 1. The van der Waals surface area contributed by atoms with Gasteiger partial charge in [0.05, 0.1) is 0 Å². The number of benzene rings is 1. The smallest absolute Gasteiger partial charge is 0.267 e. The number of para-hydroxylation sites is 1. The Labute approximate surface area is 92.8 Å². The fourth-order valence-electron chi connectivity index (χ4n) is 1.84. The van der Waals surface area contributed by atoms with Crippen LogP contribution in [-0.4, -0.2) is 19.7 Å². The van der Waals surface area contributed by atoms with E-state index in [0.717, 1.165) is 11.6 Å². The van der Waals surface area contributed by atoms with Gasteiger partial charge in [0.2, 0.25) is 0 Å². The van der Waals surface area contributed by atoms with Crippen molar-refractivity contribution >= 4 is 20.7 Å². The fourth-order valence-corrected chi connectivity index (χ4v) is 2.89. The zero-order valence-corrected chi connectivity index (χ0v) is 9.76. The number of sulfone groups is 1. The second kappa shape index (κ2) is 3.45. The Bertz CT molecular complexity index is 714. The van der Waals surface area contributed by atoms with Crippen molar-refractivity contribution in [3.05, 3.63) is 40.2 Å². The molecule has 0 aliphatic carbocycles. The Morgan fingerprint density at radius 3 is 2.44 bits per heavy atom. The van der Waals surface area contributed by atoms with Gasteiger partial charge in [-0.1, -0.05) is 18.2 Å². The van der Waals surface area contributed by atoms with Gasteiger partial charge in [0.1, 0.15) is 4.90 Å². The number of aryl methyl sites for hydroxylation is 1. The van der Waals surface area contributed by atoms with Crippen LogP contribution >= 0.6 is 0 Å². The molecule has 16 heavy (non-hydrogen) atoms. The van der Waals surface area contributed by atoms with E-state index in [1.807, 2.05) is 0 Å². The maximum atomic E-state index is 11.7. The van der Waals surface area contributed by atoms with E-state index in [4.69, 9.17) is 0 Å². The molecule has 0 aliphatic heterocycles. The first-order valence-electron chi connectivity index (χ1n) is 4.73. The van der Waals surface area contributed by atoms with Gasteiger partial charge in [0.25, 0.3) is 5.56 Å². The predicted octanol–water partition coefficient (Wildman–Crippen LogP) is 1.24. The molecule has 0 saturated carbocycles. The summed E-state index contributed by atoms with van der Waals surface area (Å²) in [5.41, 5.74) is 0.595. The van der Waals surface area contributed by atoms with Crippen LogP contribution in [0.3, 0.4) is 0 Å². The Morgan fingerprint density at radius 1 is 1.19 bits per heavy atom. The largest absolute Gasteiger partial charge is 0.321 e. The number of aromatic amines is 1. The highest BCUT2D eigenvalue weighted by Crippen LogP contribution is 2.19. The molecule has 84 valence electrons. The molecule has 1 aromatic carbocycles. The lowest BCUT2D eigenvalue weighted by Gasteiger charge is -2.06. The lowest BCUT2D eigenvalue weighted by atomic mass is 10.1. The minimum Gasteiger partial charge on any atom is -0.321 e. The molecule has 0 saturated heterocycles. The zero-order valence-electron chi connectivity index (χ0n) is 8.94. The summed E-state index contributed by atoms with van der Waals surface area (Å²) in [6.07, 6.45) is 1.04. The van der Waals surface area contributed by atoms with Crippen molar-refractivity contribution in [3.63, 3.8) is 0 Å². The van der Waals surface area contributed by atoms with E-state index in [9.17, 15) is 13.2 Å². The van der Waals surface area contributed by atoms with Crippen LogP contribution in [-0.2, 0) is 9.84 Å². The monoisotopic (exact) mass is 237 g/mol. The van der Waals surface area contributed by atoms with Gasteiger partial charge in [0, 0.05) is 17.2 Å². The van der Waals surface area contributed by atoms with Gasteiger partial charge in [-0.15, -0.1) is 0 Å². The molecule has 1 N–H and O–H groups in total. The van der Waals surface area contributed by atoms with Crippen LogP contribution in [0.5, 0.6) is 0 Å². The molecule has 0 radical (unpaired) electrons. The first-order valence-corrected chi connectivity index (χ1v) is 6.62. The molecule has 0 unspecified atom stereocenters. The number of aromatic nitrogens is 1. The average Bonchev–Trinajstić information content (AvgIpc) is 2.15. The average molecular weight is 237 g/mol. The highest BCUT2D eigenvalue weighted by molar-refractivity contribution is 7.90. The van der Waals surface area contributed by atoms with Gasteiger partial charge in [-0.2, -0.15) is 0 Å². The molecule has 2 rings (SSSR count). The summed E-state index contributed by atoms with van der Waals surface area (Å²) in [4.78, 5) is 14.1. The van der Waals surface area contributed by atoms with Gasteiger partial charge in [-0.05, 0) is 18.6 Å². The van der Waals surface area contributed by atoms with E-state index in [2.05, 4.69) is 4.98 Å². The van der Waals surface area contributed by atoms with Crippen LogP contribution in [0.2, 0.25) is 0 Å². The number of pyridine rings is 1. The molecular weight excluding hydrogens is 226 g/mol. The normalized spacial score (nSPS) is 11.9. The zero-order chi connectivity index (χ0) is 11.9. The highest BCUT2D eigenvalue weighted by Gasteiger charge is 2.17. The molecule has 0 amide bonds. The molecule has 0 atom stereocenters. The van der Waals surface area contributed by atoms with E-state index >= 15 is 0 Å². The van der Waals surface area contributed by atoms with Crippen molar-refractivity contribution in [1.29, 1.82) is 0 Å². The van der Waals surface area contributed by atoms with E-state index in [1.165, 1.54) is 0 Å². The summed E-state index contributed by atoms with van der Waals surface area (Å²) >= 11 is 0. The Balaban J connectivity index is 3.04. The van der Waals surface area contributed by atoms with E-state index < -0.39 is 15.4 Å². The third-order valence-electron chi connectivity index (χ3n) is 2.50. The van der Waals surface area contributed by atoms with Crippen molar-refractivity contribution in [2.24, 2.45) is 0 Å². The summed E-state index contributed by atoms with van der Waals surface area (Å²) in [5, 5.41) is 0.752. The third-order valence-corrected chi connectivity index (χ3v) is 3.73. The van der Waals surface area contributed by atoms with Crippen LogP contribution < -0.4 is 5.56 Å². The molecule has 0 spiro atoms. The number of fused-ring (bicyclic) bond motifs is 1. The van der Waals surface area contributed by atoms with E-state index in [1.54, 1.807) is 31.2 Å². The molecule has 0 aliphatic rings. The van der Waals surface area contributed by atoms with Crippen LogP contribution in [0.25, 0.3) is 10.9 Å². The van der Waals surface area contributed by atoms with Gasteiger partial charge >= 0.3 is 0 Å². The van der Waals surface area contributed by atoms with Crippen molar-refractivity contribution in [1.82, 2.24) is 4.98 Å². The minimum atomic E-state index is -3.50. The molecule has 4 nitrogen and oxygen atoms in total. The molecule has 0 bridgehead atoms. The lowest BCUT2D eigenvalue weighted by Crippen LogP contribution is -2.18. The summed E-state index contributed by atoms with van der Waals surface area (Å²) in [7, 11) is -3.50. The Kier molecular flexibility index (Phi) is 2.35. The molecule has 0 fully saturated rings. The van der Waals surface area contributed by atoms with Crippen LogP contribution in [0.15, 0.2) is 34.0 Å². The van der Waals surface area contributed by atoms with E-state index in [-0.39, 0.29) is 4.90 Å². The molecule has 5 heteroatoms. The van der Waals surface area contributed by atoms with Gasteiger partial charge in [-0.3, -0.25) is 4.79 Å². The second-order valence-electron chi connectivity index (χ2n) is 3.73. The Morgan fingerprint density at radius 2 is 1.81 bits per heavy atom. The maximum Gasteiger partial charge on any atom is 0.267 e. The van der Waals surface area contributed by atoms with Gasteiger partial charge < -0.3 is 4.98 Å². The Hall–Kier alpha value is -1.62. The molecular formula is C11H11NO3S. The highest BCUT2D eigenvalue weighted by atomic mass is 32.2. The van der Waals surface area contributed by atoms with Crippen molar-refractivity contribution in [2.45, 2.75) is 11.8 Å². The number of rotatable bonds is 1. The predicted molar refractivity (Wildman–Crippen MR) is 62.4 cm³/mol. The van der Waals surface area contributed by atoms with Gasteiger partial charge in [0.15, 0.2) is 9.84 Å². The second-order valence-corrected chi connectivity index (χ2v) is 5.68. The standard InChI is InChI=1S/C11H11NO3S/c1-7-8-5-3-4-6-9(8)12-11(13)10(7)16(2,14)15/h3-6H,1-2H3,(H,12,13). The lowest BCUT2D eigenvalue weighted by molar-refractivity contribution is 0.600. The summed E-state index contributed by atoms with van der Waals surface area (Å²) < 4.78 is 23.0. The van der Waals surface area contributed by atoms with Crippen molar-refractivity contribution in [2.75, 3.05) is 6.26 Å². The maximum absolute atomic E-state index is 11.7. The topological polar surface area (TPSA) is 67.0 Å². The fraction of sp³-hybridized carbons (Fsp3) is 0.182. The third kappa shape index (κ3) is 1.63. The van der Waals surface area contributed by atoms with Gasteiger partial charge in [-0.25, -0.2) is 8.42 Å². The summed E-state index contributed by atoms with van der Waals surface area (Å²) in [6, 6.07) is 7.13. The first-order chi connectivity index (χ1) is 7.41. The van der Waals surface area contributed by atoms with Crippen molar-refractivity contribution in [3.8, 4) is 0 Å². The first kappa shape index (κ1) is 10.9. The minimum absolute atomic E-state index is 0.147. The SMILES string of the molecule is Cc1c(S(C)(=O)=O)c(=O)[nH]c2ccccc12. The van der Waals surface area contributed by atoms with Crippen LogP contribution in [0.4, 0.5) is 0 Å². The molecule has 2 aromatic rings. The number of hydrogen-bond acceptors (Lipinski definition) is 3. The summed E-state index contributed by atoms with van der Waals surface area (Å²) in [5.74, 6) is 0. The molecule has 1 aromatic heterocycles. The van der Waals surface area contributed by atoms with Crippen LogP contribution in [0.1, 0.15) is 5.56 Å². The van der Waals surface area contributed by atoms with Crippen LogP contribution in [0, 0.1) is 6.92 Å². The number of H-pyrrole nitrogens is 1. The molecule has 1 heterocycles. The summed E-state index contributed by atoms with van der Waals surface area (Å²) in [6.45, 7) is 1.65. The number of hydrogen-bond donors (Lipinski definition) is 1.